The zero-order chi connectivity index (χ0) is 70.3. The number of aliphatic hydroxyl groups is 4. The van der Waals surface area contributed by atoms with Crippen LogP contribution in [0.25, 0.3) is 0 Å². The van der Waals surface area contributed by atoms with Gasteiger partial charge in [0.2, 0.25) is 41.4 Å². The number of nitrogens with two attached hydrogens (primary N) is 2. The van der Waals surface area contributed by atoms with E-state index in [4.69, 9.17) is 20.9 Å². The Bertz CT molecular complexity index is 3730. The van der Waals surface area contributed by atoms with E-state index in [1.165, 1.54) is 35.7 Å². The van der Waals surface area contributed by atoms with Crippen molar-refractivity contribution in [2.75, 3.05) is 37.8 Å². The van der Waals surface area contributed by atoms with E-state index < -0.39 is 138 Å². The number of aliphatic hydroxyl groups excluding tert-OH is 4. The van der Waals surface area contributed by atoms with Gasteiger partial charge in [-0.15, -0.1) is 23.5 Å². The van der Waals surface area contributed by atoms with E-state index in [1.54, 1.807) is 42.5 Å². The molecule has 22 nitrogen and oxygen atoms in total. The third-order valence-corrected chi connectivity index (χ3v) is 20.0. The highest BCUT2D eigenvalue weighted by Gasteiger charge is 2.46. The summed E-state index contributed by atoms with van der Waals surface area (Å²) in [6, 6.07) is 65.0. The molecule has 0 aromatic heterocycles. The molecule has 1 aliphatic heterocycles. The second-order valence-electron chi connectivity index (χ2n) is 23.6. The maximum absolute atomic E-state index is 15.4. The Hall–Kier alpha value is -9.73. The fraction of sp³-hybridized carbons (Fsp3) is 0.267. The smallest absolute Gasteiger partial charge is 0.245 e. The molecular formula is C75H80N8O14S2. The summed E-state index contributed by atoms with van der Waals surface area (Å²) >= 11 is 2.65. The highest BCUT2D eigenvalue weighted by Crippen LogP contribution is 2.50. The van der Waals surface area contributed by atoms with Crippen molar-refractivity contribution < 1.29 is 68.6 Å². The molecule has 1 aliphatic rings. The van der Waals surface area contributed by atoms with Gasteiger partial charge < -0.3 is 78.4 Å². The minimum Gasteiger partial charge on any atom is -0.508 e. The van der Waals surface area contributed by atoms with Gasteiger partial charge in [-0.3, -0.25) is 33.6 Å². The van der Waals surface area contributed by atoms with Crippen molar-refractivity contribution in [1.29, 1.82) is 0 Å². The molecule has 10 atom stereocenters. The molecule has 24 heteroatoms. The number of hydrogen-bond donors (Lipinski definition) is 13. The number of benzene rings is 8. The van der Waals surface area contributed by atoms with Gasteiger partial charge >= 0.3 is 0 Å². The number of rotatable bonds is 33. The first-order valence-electron chi connectivity index (χ1n) is 32.0. The topological polar surface area (TPSA) is 363 Å². The van der Waals surface area contributed by atoms with Crippen molar-refractivity contribution in [1.82, 2.24) is 31.9 Å². The van der Waals surface area contributed by atoms with Crippen molar-refractivity contribution in [2.45, 2.75) is 83.3 Å². The van der Waals surface area contributed by atoms with Crippen molar-refractivity contribution in [3.05, 3.63) is 281 Å². The number of hydrogen-bond acceptors (Lipinski definition) is 17. The Balaban J connectivity index is 1.03. The van der Waals surface area contributed by atoms with Gasteiger partial charge in [0.05, 0.1) is 41.8 Å². The number of ether oxygens (including phenoxy) is 2. The Kier molecular flexibility index (Phi) is 26.5. The molecule has 15 N–H and O–H groups in total. The molecule has 1 fully saturated rings. The molecule has 0 aliphatic carbocycles. The molecule has 0 radical (unpaired) electrons. The lowest BCUT2D eigenvalue weighted by atomic mass is 9.84. The van der Waals surface area contributed by atoms with Crippen molar-refractivity contribution in [3.63, 3.8) is 0 Å². The van der Waals surface area contributed by atoms with Gasteiger partial charge in [0.15, 0.2) is 6.29 Å². The summed E-state index contributed by atoms with van der Waals surface area (Å²) in [6.45, 7) is -3.05. The van der Waals surface area contributed by atoms with Crippen molar-refractivity contribution in [3.8, 4) is 5.75 Å². The lowest BCUT2D eigenvalue weighted by Gasteiger charge is -2.40. The highest BCUT2D eigenvalue weighted by molar-refractivity contribution is 8.01. The van der Waals surface area contributed by atoms with E-state index in [-0.39, 0.29) is 30.1 Å². The second kappa shape index (κ2) is 35.7. The van der Waals surface area contributed by atoms with Crippen LogP contribution in [0.2, 0.25) is 0 Å². The third kappa shape index (κ3) is 19.1. The van der Waals surface area contributed by atoms with Gasteiger partial charge in [-0.05, 0) is 63.1 Å². The van der Waals surface area contributed by atoms with Gasteiger partial charge in [0, 0.05) is 17.9 Å². The average Bonchev–Trinajstić information content (AvgIpc) is 0.764. The normalized spacial score (nSPS) is 17.6. The summed E-state index contributed by atoms with van der Waals surface area (Å²) in [6.07, 6.45) is -8.83. The predicted molar refractivity (Wildman–Crippen MR) is 376 cm³/mol. The molecule has 9 rings (SSSR count). The molecule has 1 saturated heterocycles. The Morgan fingerprint density at radius 2 is 0.818 bits per heavy atom. The van der Waals surface area contributed by atoms with Crippen molar-refractivity contribution >= 4 is 64.9 Å². The summed E-state index contributed by atoms with van der Waals surface area (Å²) in [5.41, 5.74) is 18.1. The molecule has 99 heavy (non-hydrogen) atoms. The SMILES string of the molecule is NC(=O)CNC(=O)[C@H](CO[C@@H]1O[C@H](CO)[C@H](O)[C@H](O)[C@H]1O)NC(=O)[C@@H](CSC(c1ccccc1)(c1ccccc1)c1ccccc1)NC(=O)[C@H](Cc1ccccc1)NC(=O)CNC(=O)[C@@H](CSC(c1ccccc1)(c1ccccc1)c1ccccc1)NC(=O)[C@@H](N)Cc1ccc(O)cc1. The van der Waals surface area contributed by atoms with Gasteiger partial charge in [-0.25, -0.2) is 0 Å². The number of aromatic hydroxyl groups is 1. The molecule has 8 aromatic carbocycles. The van der Waals surface area contributed by atoms with Crippen LogP contribution in [-0.2, 0) is 65.4 Å². The average molecular weight is 1380 g/mol. The Morgan fingerprint density at radius 3 is 1.25 bits per heavy atom. The van der Waals surface area contributed by atoms with Crippen LogP contribution in [0.1, 0.15) is 44.5 Å². The van der Waals surface area contributed by atoms with E-state index in [0.717, 1.165) is 33.4 Å². The van der Waals surface area contributed by atoms with Gasteiger partial charge in [-0.1, -0.05) is 224 Å². The number of thioether (sulfide) groups is 2. The zero-order valence-electron chi connectivity index (χ0n) is 53.8. The number of carbonyl (C=O) groups excluding carboxylic acids is 7. The summed E-state index contributed by atoms with van der Waals surface area (Å²) in [7, 11) is 0. The largest absolute Gasteiger partial charge is 0.508 e. The number of phenolic OH excluding ortho intramolecular Hbond substituents is 1. The number of nitrogens with one attached hydrogen (secondary N) is 6. The maximum atomic E-state index is 15.4. The molecule has 0 spiro atoms. The van der Waals surface area contributed by atoms with Gasteiger partial charge in [-0.2, -0.15) is 0 Å². The third-order valence-electron chi connectivity index (χ3n) is 16.7. The predicted octanol–water partition coefficient (Wildman–Crippen LogP) is 3.43. The van der Waals surface area contributed by atoms with Gasteiger partial charge in [0.1, 0.15) is 54.3 Å². The van der Waals surface area contributed by atoms with Crippen LogP contribution in [0.4, 0.5) is 0 Å². The van der Waals surface area contributed by atoms with Crippen molar-refractivity contribution in [2.24, 2.45) is 11.5 Å². The number of carbonyl (C=O) groups is 7. The van der Waals surface area contributed by atoms with Gasteiger partial charge in [0.25, 0.3) is 0 Å². The minimum absolute atomic E-state index is 0.0227. The summed E-state index contributed by atoms with van der Waals surface area (Å²) < 4.78 is 9.24. The van der Waals surface area contributed by atoms with Crippen LogP contribution in [0.5, 0.6) is 5.75 Å². The quantitative estimate of drug-likeness (QED) is 0.0262. The van der Waals surface area contributed by atoms with Crippen LogP contribution in [0.15, 0.2) is 237 Å². The molecule has 516 valence electrons. The van der Waals surface area contributed by atoms with Crippen LogP contribution >= 0.6 is 23.5 Å². The van der Waals surface area contributed by atoms with E-state index in [9.17, 15) is 49.5 Å². The molecule has 1 heterocycles. The molecule has 7 amide bonds. The summed E-state index contributed by atoms with van der Waals surface area (Å²) in [5, 5.41) is 67.9. The van der Waals surface area contributed by atoms with E-state index in [2.05, 4.69) is 31.9 Å². The molecular weight excluding hydrogens is 1300 g/mol. The first kappa shape index (κ1) is 73.5. The highest BCUT2D eigenvalue weighted by atomic mass is 32.2. The summed E-state index contributed by atoms with van der Waals surface area (Å²) in [4.78, 5) is 101. The molecule has 0 unspecified atom stereocenters. The van der Waals surface area contributed by atoms with E-state index in [0.29, 0.717) is 11.1 Å². The molecule has 8 aromatic rings. The monoisotopic (exact) mass is 1380 g/mol. The standard InChI is InChI=1S/C75H80N8O14S2/c76-57(40-49-36-38-56(85)39-37-49)68(91)82-60(46-98-74(50-24-10-2-11-25-50,51-26-12-3-13-27-51)52-28-14-4-15-29-52)70(93)79-43-64(87)80-58(41-48-22-8-1-9-23-48)71(94)83-61(47-99-75(53-30-16-5-17-31-53,54-32-18-6-19-33-54)55-34-20-7-21-35-55)72(95)81-59(69(92)78-42-63(77)86)45-96-73-67(90)66(89)65(88)62(44-84)97-73/h1-39,57-62,65-67,73,84-85,88-90H,40-47,76H2,(H2,77,86)(H,78,92)(H,79,93)(H,80,87)(H,81,95)(H,82,91)(H,83,94)/t57-,58-,59-,60+,61+,62+,65-,66-,67+,73+/m0/s1. The van der Waals surface area contributed by atoms with Crippen LogP contribution in [0.3, 0.4) is 0 Å². The number of phenols is 1. The van der Waals surface area contributed by atoms with Crippen LogP contribution in [-0.4, -0.2) is 166 Å². The Morgan fingerprint density at radius 1 is 0.444 bits per heavy atom. The first-order valence-corrected chi connectivity index (χ1v) is 34.0. The van der Waals surface area contributed by atoms with E-state index in [1.807, 2.05) is 182 Å². The molecule has 0 bridgehead atoms. The second-order valence-corrected chi connectivity index (χ2v) is 26.1. The first-order chi connectivity index (χ1) is 47.9. The number of amides is 7. The lowest BCUT2D eigenvalue weighted by molar-refractivity contribution is -0.301. The maximum Gasteiger partial charge on any atom is 0.245 e. The van der Waals surface area contributed by atoms with Crippen LogP contribution < -0.4 is 43.4 Å². The summed E-state index contributed by atoms with van der Waals surface area (Å²) in [5.74, 6) is -6.45. The Labute approximate surface area is 581 Å². The molecule has 0 saturated carbocycles. The number of primary amides is 1. The van der Waals surface area contributed by atoms with E-state index >= 15 is 9.59 Å². The fourth-order valence-corrected chi connectivity index (χ4v) is 14.7. The van der Waals surface area contributed by atoms with Crippen LogP contribution in [0, 0.1) is 0 Å². The zero-order valence-corrected chi connectivity index (χ0v) is 55.5. The minimum atomic E-state index is -1.91. The fourth-order valence-electron chi connectivity index (χ4n) is 11.6. The lowest BCUT2D eigenvalue weighted by Crippen LogP contribution is -2.61.